The fourth-order valence-corrected chi connectivity index (χ4v) is 3.21. The van der Waals surface area contributed by atoms with Gasteiger partial charge in [0, 0.05) is 38.2 Å². The maximum atomic E-state index is 12.3. The van der Waals surface area contributed by atoms with E-state index in [0.717, 1.165) is 11.4 Å². The highest BCUT2D eigenvalue weighted by Gasteiger charge is 2.52. The van der Waals surface area contributed by atoms with Gasteiger partial charge in [-0.1, -0.05) is 0 Å². The monoisotopic (exact) mass is 304 g/mol. The second-order valence-corrected chi connectivity index (χ2v) is 5.61. The van der Waals surface area contributed by atoms with E-state index in [1.54, 1.807) is 12.0 Å². The van der Waals surface area contributed by atoms with Gasteiger partial charge in [-0.05, 0) is 24.3 Å². The van der Waals surface area contributed by atoms with E-state index in [1.807, 2.05) is 24.3 Å². The van der Waals surface area contributed by atoms with Crippen LogP contribution in [0.1, 0.15) is 12.8 Å². The highest BCUT2D eigenvalue weighted by atomic mass is 16.5. The second kappa shape index (κ2) is 6.06. The summed E-state index contributed by atoms with van der Waals surface area (Å²) < 4.78 is 10.5. The van der Waals surface area contributed by atoms with E-state index < -0.39 is 6.10 Å². The van der Waals surface area contributed by atoms with Gasteiger partial charge in [-0.25, -0.2) is 0 Å². The number of benzene rings is 1. The number of amides is 1. The largest absolute Gasteiger partial charge is 0.497 e. The van der Waals surface area contributed by atoms with Crippen molar-refractivity contribution in [2.24, 2.45) is 0 Å². The Bertz CT molecular complexity index is 572. The number of nitrogens with one attached hydrogen (secondary N) is 1. The number of piperidine rings is 1. The first-order chi connectivity index (χ1) is 10.7. The molecule has 1 aromatic rings. The number of Topliss-reactive ketones (excluding diaryl/α,β-unsaturated/α-hetero) is 1. The number of ketones is 1. The highest BCUT2D eigenvalue weighted by Crippen LogP contribution is 2.34. The lowest BCUT2D eigenvalue weighted by atomic mass is 9.85. The average Bonchev–Trinajstić information content (AvgIpc) is 2.53. The predicted molar refractivity (Wildman–Crippen MR) is 81.1 cm³/mol. The van der Waals surface area contributed by atoms with Crippen LogP contribution in [0.15, 0.2) is 24.3 Å². The minimum atomic E-state index is -0.495. The molecule has 3 atom stereocenters. The average molecular weight is 304 g/mol. The fourth-order valence-electron chi connectivity index (χ4n) is 3.21. The first-order valence-corrected chi connectivity index (χ1v) is 7.40. The van der Waals surface area contributed by atoms with Crippen molar-refractivity contribution in [2.75, 3.05) is 25.7 Å². The molecule has 6 heteroatoms. The Morgan fingerprint density at radius 3 is 2.50 bits per heavy atom. The molecule has 0 spiro atoms. The van der Waals surface area contributed by atoms with Crippen LogP contribution in [0.5, 0.6) is 5.75 Å². The number of rotatable bonds is 4. The Hall–Kier alpha value is -1.92. The van der Waals surface area contributed by atoms with Crippen LogP contribution in [0.25, 0.3) is 0 Å². The van der Waals surface area contributed by atoms with E-state index in [0.29, 0.717) is 19.4 Å². The number of hydrogen-bond acceptors (Lipinski definition) is 5. The number of methoxy groups -OCH3 is 2. The summed E-state index contributed by atoms with van der Waals surface area (Å²) >= 11 is 0. The van der Waals surface area contributed by atoms with E-state index >= 15 is 0 Å². The molecule has 0 unspecified atom stereocenters. The van der Waals surface area contributed by atoms with E-state index in [2.05, 4.69) is 5.32 Å². The Labute approximate surface area is 129 Å². The molecule has 118 valence electrons. The van der Waals surface area contributed by atoms with Crippen LogP contribution < -0.4 is 15.0 Å². The smallest absolute Gasteiger partial charge is 0.258 e. The summed E-state index contributed by atoms with van der Waals surface area (Å²) in [4.78, 5) is 25.8. The van der Waals surface area contributed by atoms with Crippen LogP contribution >= 0.6 is 0 Å². The summed E-state index contributed by atoms with van der Waals surface area (Å²) in [5.74, 6) is 0.896. The van der Waals surface area contributed by atoms with Gasteiger partial charge < -0.3 is 19.7 Å². The van der Waals surface area contributed by atoms with Crippen LogP contribution in [0.2, 0.25) is 0 Å². The van der Waals surface area contributed by atoms with E-state index in [4.69, 9.17) is 9.47 Å². The quantitative estimate of drug-likeness (QED) is 0.831. The number of β-lactam (4-membered cyclic amide) rings is 1. The van der Waals surface area contributed by atoms with Gasteiger partial charge in [-0.2, -0.15) is 0 Å². The fraction of sp³-hybridized carbons (Fsp3) is 0.500. The summed E-state index contributed by atoms with van der Waals surface area (Å²) in [6.07, 6.45) is 0.493. The third-order valence-electron chi connectivity index (χ3n) is 4.36. The molecule has 1 aromatic carbocycles. The lowest BCUT2D eigenvalue weighted by molar-refractivity contribution is -0.142. The zero-order chi connectivity index (χ0) is 15.7. The standard InChI is InChI=1S/C16H20N2O4/c1-21-12-5-3-10(4-6-12)18-14(15(22-2)16(18)20)13-9-11(19)7-8-17-13/h3-6,13-15,17H,7-9H2,1-2H3/t13-,14+,15-/m1/s1. The summed E-state index contributed by atoms with van der Waals surface area (Å²) in [6.45, 7) is 0.654. The minimum absolute atomic E-state index is 0.0639. The molecule has 0 aromatic heterocycles. The van der Waals surface area contributed by atoms with Gasteiger partial charge in [0.25, 0.3) is 5.91 Å². The maximum absolute atomic E-state index is 12.3. The number of ether oxygens (including phenoxy) is 2. The molecule has 2 heterocycles. The molecule has 0 bridgehead atoms. The molecule has 0 saturated carbocycles. The third kappa shape index (κ3) is 2.48. The maximum Gasteiger partial charge on any atom is 0.258 e. The van der Waals surface area contributed by atoms with E-state index in [9.17, 15) is 9.59 Å². The molecule has 2 aliphatic rings. The molecule has 6 nitrogen and oxygen atoms in total. The topological polar surface area (TPSA) is 67.9 Å². The van der Waals surface area contributed by atoms with Gasteiger partial charge in [0.2, 0.25) is 0 Å². The summed E-state index contributed by atoms with van der Waals surface area (Å²) in [6, 6.07) is 7.11. The van der Waals surface area contributed by atoms with Crippen molar-refractivity contribution >= 4 is 17.4 Å². The molecular formula is C16H20N2O4. The van der Waals surface area contributed by atoms with E-state index in [-0.39, 0.29) is 23.8 Å². The van der Waals surface area contributed by atoms with Crippen molar-refractivity contribution in [1.29, 1.82) is 0 Å². The predicted octanol–water partition coefficient (Wildman–Crippen LogP) is 0.746. The van der Waals surface area contributed by atoms with Crippen LogP contribution in [-0.4, -0.2) is 50.6 Å². The Morgan fingerprint density at radius 1 is 1.18 bits per heavy atom. The summed E-state index contributed by atoms with van der Waals surface area (Å²) in [7, 11) is 3.14. The zero-order valence-corrected chi connectivity index (χ0v) is 12.7. The number of hydrogen-bond donors (Lipinski definition) is 1. The molecule has 0 aliphatic carbocycles. The van der Waals surface area contributed by atoms with Crippen molar-refractivity contribution < 1.29 is 19.1 Å². The lowest BCUT2D eigenvalue weighted by Gasteiger charge is -2.50. The van der Waals surface area contributed by atoms with Crippen molar-refractivity contribution in [2.45, 2.75) is 31.0 Å². The van der Waals surface area contributed by atoms with Crippen molar-refractivity contribution in [3.05, 3.63) is 24.3 Å². The van der Waals surface area contributed by atoms with Crippen LogP contribution in [0.3, 0.4) is 0 Å². The Kier molecular flexibility index (Phi) is 4.13. The van der Waals surface area contributed by atoms with Crippen molar-refractivity contribution in [1.82, 2.24) is 5.32 Å². The van der Waals surface area contributed by atoms with Gasteiger partial charge in [0.05, 0.1) is 13.2 Å². The van der Waals surface area contributed by atoms with Crippen LogP contribution in [-0.2, 0) is 14.3 Å². The SMILES string of the molecule is COc1ccc(N2C(=O)[C@H](OC)[C@@H]2[C@H]2CC(=O)CCN2)cc1. The number of carbonyl (C=O) groups is 2. The number of carbonyl (C=O) groups excluding carboxylic acids is 2. The molecule has 2 saturated heterocycles. The summed E-state index contributed by atoms with van der Waals surface area (Å²) in [5.41, 5.74) is 0.795. The lowest BCUT2D eigenvalue weighted by Crippen LogP contribution is -2.73. The van der Waals surface area contributed by atoms with Gasteiger partial charge >= 0.3 is 0 Å². The minimum Gasteiger partial charge on any atom is -0.497 e. The highest BCUT2D eigenvalue weighted by molar-refractivity contribution is 6.05. The van der Waals surface area contributed by atoms with Crippen molar-refractivity contribution in [3.8, 4) is 5.75 Å². The molecule has 3 rings (SSSR count). The van der Waals surface area contributed by atoms with Gasteiger partial charge in [-0.3, -0.25) is 9.59 Å². The Balaban J connectivity index is 1.84. The Morgan fingerprint density at radius 2 is 1.91 bits per heavy atom. The molecule has 1 N–H and O–H groups in total. The third-order valence-corrected chi connectivity index (χ3v) is 4.36. The summed E-state index contributed by atoms with van der Waals surface area (Å²) in [5, 5.41) is 3.34. The molecule has 0 radical (unpaired) electrons. The molecular weight excluding hydrogens is 284 g/mol. The first kappa shape index (κ1) is 15.0. The molecule has 2 aliphatic heterocycles. The zero-order valence-electron chi connectivity index (χ0n) is 12.7. The molecule has 22 heavy (non-hydrogen) atoms. The van der Waals surface area contributed by atoms with Gasteiger partial charge in [0.1, 0.15) is 11.5 Å². The number of nitrogens with zero attached hydrogens (tertiary/aromatic N) is 1. The van der Waals surface area contributed by atoms with E-state index in [1.165, 1.54) is 7.11 Å². The molecule has 2 fully saturated rings. The number of anilines is 1. The first-order valence-electron chi connectivity index (χ1n) is 7.40. The normalized spacial score (nSPS) is 28.5. The second-order valence-electron chi connectivity index (χ2n) is 5.61. The van der Waals surface area contributed by atoms with Crippen LogP contribution in [0.4, 0.5) is 5.69 Å². The molecule has 1 amide bonds. The van der Waals surface area contributed by atoms with Crippen molar-refractivity contribution in [3.63, 3.8) is 0 Å². The van der Waals surface area contributed by atoms with Crippen LogP contribution in [0, 0.1) is 0 Å². The van der Waals surface area contributed by atoms with Gasteiger partial charge in [0.15, 0.2) is 6.10 Å². The van der Waals surface area contributed by atoms with Gasteiger partial charge in [-0.15, -0.1) is 0 Å².